The summed E-state index contributed by atoms with van der Waals surface area (Å²) in [5.74, 6) is 1.98. The van der Waals surface area contributed by atoms with Crippen LogP contribution in [-0.2, 0) is 5.75 Å². The highest BCUT2D eigenvalue weighted by Crippen LogP contribution is 2.41. The first kappa shape index (κ1) is 27.0. The molecule has 230 valence electrons. The van der Waals surface area contributed by atoms with E-state index in [1.165, 1.54) is 71.0 Å². The first-order valence-electron chi connectivity index (χ1n) is 16.7. The molecular formula is C44H28N4S. The van der Waals surface area contributed by atoms with E-state index in [4.69, 9.17) is 4.98 Å². The third-order valence-corrected chi connectivity index (χ3v) is 11.2. The van der Waals surface area contributed by atoms with Gasteiger partial charge in [-0.05, 0) is 90.0 Å². The zero-order valence-corrected chi connectivity index (χ0v) is 27.2. The van der Waals surface area contributed by atoms with Gasteiger partial charge in [0.25, 0.3) is 0 Å². The van der Waals surface area contributed by atoms with Gasteiger partial charge in [-0.3, -0.25) is 4.57 Å². The molecule has 0 unspecified atom stereocenters. The van der Waals surface area contributed by atoms with Gasteiger partial charge in [0, 0.05) is 37.8 Å². The van der Waals surface area contributed by atoms with Gasteiger partial charge < -0.3 is 9.13 Å². The van der Waals surface area contributed by atoms with Crippen LogP contribution < -0.4 is 0 Å². The van der Waals surface area contributed by atoms with Crippen LogP contribution in [-0.4, -0.2) is 18.7 Å². The first-order chi connectivity index (χ1) is 24.3. The highest BCUT2D eigenvalue weighted by Gasteiger charge is 2.22. The summed E-state index contributed by atoms with van der Waals surface area (Å²) < 4.78 is 7.14. The minimum atomic E-state index is 0.873. The minimum absolute atomic E-state index is 0.873. The monoisotopic (exact) mass is 644 g/mol. The van der Waals surface area contributed by atoms with Crippen molar-refractivity contribution in [3.8, 4) is 28.2 Å². The van der Waals surface area contributed by atoms with Crippen LogP contribution in [0.1, 0.15) is 5.82 Å². The number of nitrogens with zero attached hydrogens (tertiary/aromatic N) is 4. The Morgan fingerprint density at radius 3 is 1.69 bits per heavy atom. The smallest absolute Gasteiger partial charge is 0.124 e. The topological polar surface area (TPSA) is 27.7 Å². The fourth-order valence-corrected chi connectivity index (χ4v) is 8.90. The summed E-state index contributed by atoms with van der Waals surface area (Å²) in [5.41, 5.74) is 13.0. The van der Waals surface area contributed by atoms with Gasteiger partial charge in [-0.25, -0.2) is 4.98 Å². The van der Waals surface area contributed by atoms with Crippen LogP contribution in [0, 0.1) is 0 Å². The molecule has 11 rings (SSSR count). The van der Waals surface area contributed by atoms with Crippen molar-refractivity contribution >= 4 is 66.4 Å². The second-order valence-electron chi connectivity index (χ2n) is 12.8. The second-order valence-corrected chi connectivity index (χ2v) is 13.8. The predicted octanol–water partition coefficient (Wildman–Crippen LogP) is 11.5. The molecule has 3 aromatic heterocycles. The molecule has 0 amide bonds. The largest absolute Gasteiger partial charge is 0.309 e. The number of aromatic nitrogens is 4. The lowest BCUT2D eigenvalue weighted by Gasteiger charge is -2.20. The molecule has 0 N–H and O–H groups in total. The Kier molecular flexibility index (Phi) is 5.63. The van der Waals surface area contributed by atoms with Crippen LogP contribution in [0.25, 0.3) is 82.8 Å². The fraction of sp³-hybridized carbons (Fsp3) is 0.0227. The Morgan fingerprint density at radius 2 is 1.00 bits per heavy atom. The third kappa shape index (κ3) is 3.91. The number of imidazole rings is 1. The van der Waals surface area contributed by atoms with Crippen molar-refractivity contribution in [3.63, 3.8) is 0 Å². The SMILES string of the molecule is c1ccc(-n2c3ccccc3c3cc(-c4ccc5c(c4)c4ccccc4n5-c4ccc5c(c4)-n4c(nc6ccccc64)CS5)ccc32)cc1. The normalized spacial score (nSPS) is 12.7. The quantitative estimate of drug-likeness (QED) is 0.191. The first-order valence-corrected chi connectivity index (χ1v) is 17.6. The van der Waals surface area contributed by atoms with E-state index in [0.29, 0.717) is 0 Å². The van der Waals surface area contributed by atoms with Gasteiger partial charge in [0.15, 0.2) is 0 Å². The summed E-state index contributed by atoms with van der Waals surface area (Å²) >= 11 is 1.87. The van der Waals surface area contributed by atoms with Crippen molar-refractivity contribution in [1.82, 2.24) is 18.7 Å². The average molecular weight is 645 g/mol. The molecule has 0 saturated carbocycles. The molecule has 7 aromatic carbocycles. The lowest BCUT2D eigenvalue weighted by atomic mass is 10.0. The molecule has 1 aliphatic heterocycles. The Labute approximate surface area is 286 Å². The summed E-state index contributed by atoms with van der Waals surface area (Å²) in [6.45, 7) is 0. The zero-order chi connectivity index (χ0) is 32.1. The molecule has 49 heavy (non-hydrogen) atoms. The Bertz CT molecular complexity index is 2940. The van der Waals surface area contributed by atoms with Crippen LogP contribution >= 0.6 is 11.8 Å². The van der Waals surface area contributed by atoms with E-state index in [1.807, 2.05) is 11.8 Å². The van der Waals surface area contributed by atoms with Gasteiger partial charge >= 0.3 is 0 Å². The molecule has 0 bridgehead atoms. The number of rotatable bonds is 3. The van der Waals surface area contributed by atoms with Gasteiger partial charge in [0.2, 0.25) is 0 Å². The average Bonchev–Trinajstić information content (AvgIpc) is 3.82. The predicted molar refractivity (Wildman–Crippen MR) is 205 cm³/mol. The molecule has 1 aliphatic rings. The van der Waals surface area contributed by atoms with Gasteiger partial charge in [-0.1, -0.05) is 78.9 Å². The lowest BCUT2D eigenvalue weighted by molar-refractivity contribution is 0.941. The van der Waals surface area contributed by atoms with Crippen LogP contribution in [0.15, 0.2) is 163 Å². The van der Waals surface area contributed by atoms with Gasteiger partial charge in [-0.15, -0.1) is 11.8 Å². The standard InChI is InChI=1S/C44H28N4S/c1-2-10-30(11-3-1)46-37-15-7-4-12-32(37)34-24-28(18-21-39(34)46)29-19-22-40-35(25-29)33-13-5-8-16-38(33)47(40)31-20-23-43-42(26-31)48-41-17-9-6-14-36(41)45-44(48)27-49-43/h1-26H,27H2. The zero-order valence-electron chi connectivity index (χ0n) is 26.4. The molecule has 0 radical (unpaired) electrons. The van der Waals surface area contributed by atoms with Crippen LogP contribution in [0.3, 0.4) is 0 Å². The molecule has 4 heterocycles. The number of fused-ring (bicyclic) bond motifs is 11. The summed E-state index contributed by atoms with van der Waals surface area (Å²) in [6.07, 6.45) is 0. The highest BCUT2D eigenvalue weighted by atomic mass is 32.2. The van der Waals surface area contributed by atoms with Crippen molar-refractivity contribution in [2.75, 3.05) is 0 Å². The number of benzene rings is 7. The molecule has 0 aliphatic carbocycles. The molecule has 0 spiro atoms. The van der Waals surface area contributed by atoms with Crippen molar-refractivity contribution in [3.05, 3.63) is 164 Å². The van der Waals surface area contributed by atoms with E-state index in [-0.39, 0.29) is 0 Å². The number of hydrogen-bond donors (Lipinski definition) is 0. The van der Waals surface area contributed by atoms with Crippen molar-refractivity contribution in [2.45, 2.75) is 10.6 Å². The Balaban J connectivity index is 1.09. The fourth-order valence-electron chi connectivity index (χ4n) is 7.96. The molecule has 0 fully saturated rings. The summed E-state index contributed by atoms with van der Waals surface area (Å²) in [6, 6.07) is 57.4. The lowest BCUT2D eigenvalue weighted by Crippen LogP contribution is -2.07. The number of para-hydroxylation sites is 5. The molecule has 5 heteroatoms. The second kappa shape index (κ2) is 10.2. The molecule has 4 nitrogen and oxygen atoms in total. The summed E-state index contributed by atoms with van der Waals surface area (Å²) in [5, 5.41) is 5.03. The maximum atomic E-state index is 4.97. The van der Waals surface area contributed by atoms with E-state index in [1.54, 1.807) is 0 Å². The molecule has 0 atom stereocenters. The third-order valence-electron chi connectivity index (χ3n) is 10.1. The van der Waals surface area contributed by atoms with Crippen molar-refractivity contribution < 1.29 is 0 Å². The van der Waals surface area contributed by atoms with Crippen LogP contribution in [0.4, 0.5) is 0 Å². The summed E-state index contributed by atoms with van der Waals surface area (Å²) in [7, 11) is 0. The Hall–Kier alpha value is -6.04. The van der Waals surface area contributed by atoms with Crippen molar-refractivity contribution in [2.24, 2.45) is 0 Å². The Morgan fingerprint density at radius 1 is 0.429 bits per heavy atom. The maximum Gasteiger partial charge on any atom is 0.124 e. The summed E-state index contributed by atoms with van der Waals surface area (Å²) in [4.78, 5) is 6.25. The number of hydrogen-bond acceptors (Lipinski definition) is 2. The minimum Gasteiger partial charge on any atom is -0.309 e. The van der Waals surface area contributed by atoms with Crippen molar-refractivity contribution in [1.29, 1.82) is 0 Å². The number of thioether (sulfide) groups is 1. The van der Waals surface area contributed by atoms with Gasteiger partial charge in [0.1, 0.15) is 5.82 Å². The maximum absolute atomic E-state index is 4.97. The van der Waals surface area contributed by atoms with E-state index >= 15 is 0 Å². The van der Waals surface area contributed by atoms with Gasteiger partial charge in [-0.2, -0.15) is 0 Å². The van der Waals surface area contributed by atoms with E-state index < -0.39 is 0 Å². The highest BCUT2D eigenvalue weighted by molar-refractivity contribution is 7.98. The van der Waals surface area contributed by atoms with Crippen LogP contribution in [0.2, 0.25) is 0 Å². The molecular weight excluding hydrogens is 617 g/mol. The van der Waals surface area contributed by atoms with Crippen LogP contribution in [0.5, 0.6) is 0 Å². The van der Waals surface area contributed by atoms with E-state index in [9.17, 15) is 0 Å². The molecule has 10 aromatic rings. The van der Waals surface area contributed by atoms with E-state index in [0.717, 1.165) is 28.3 Å². The molecule has 0 saturated heterocycles. The van der Waals surface area contributed by atoms with Gasteiger partial charge in [0.05, 0.1) is 44.5 Å². The van der Waals surface area contributed by atoms with E-state index in [2.05, 4.69) is 171 Å².